The molecule has 1 amide bonds. The minimum Gasteiger partial charge on any atom is -0.322 e. The number of hydrogen-bond acceptors (Lipinski definition) is 3. The lowest BCUT2D eigenvalue weighted by molar-refractivity contribution is 0.102. The molecule has 0 radical (unpaired) electrons. The number of carbonyl (C=O) groups is 1. The maximum atomic E-state index is 12.5. The van der Waals surface area contributed by atoms with E-state index in [1.807, 2.05) is 31.2 Å². The maximum absolute atomic E-state index is 12.5. The number of nitrogens with zero attached hydrogens (tertiary/aromatic N) is 1. The normalized spacial score (nSPS) is 16.5. The van der Waals surface area contributed by atoms with Gasteiger partial charge in [-0.25, -0.2) is 8.42 Å². The van der Waals surface area contributed by atoms with Crippen LogP contribution in [0.4, 0.5) is 11.4 Å². The second-order valence-electron chi connectivity index (χ2n) is 6.03. The fourth-order valence-corrected chi connectivity index (χ4v) is 4.72. The van der Waals surface area contributed by atoms with Crippen molar-refractivity contribution in [3.8, 4) is 0 Å². The lowest BCUT2D eigenvalue weighted by Crippen LogP contribution is -2.37. The average Bonchev–Trinajstić information content (AvgIpc) is 2.56. The number of halogens is 1. The molecule has 0 spiro atoms. The van der Waals surface area contributed by atoms with Crippen LogP contribution in [0.25, 0.3) is 0 Å². The van der Waals surface area contributed by atoms with Gasteiger partial charge in [-0.3, -0.25) is 9.10 Å². The Hall–Kier alpha value is -2.05. The number of anilines is 2. The lowest BCUT2D eigenvalue weighted by Gasteiger charge is -2.28. The van der Waals surface area contributed by atoms with Crippen molar-refractivity contribution in [1.82, 2.24) is 0 Å². The average molecular weight is 379 g/mol. The van der Waals surface area contributed by atoms with Crippen molar-refractivity contribution in [3.63, 3.8) is 0 Å². The molecule has 0 bridgehead atoms. The fraction of sp³-hybridized carbons (Fsp3) is 0.278. The maximum Gasteiger partial charge on any atom is 0.257 e. The van der Waals surface area contributed by atoms with Crippen molar-refractivity contribution in [3.05, 3.63) is 58.6 Å². The highest BCUT2D eigenvalue weighted by molar-refractivity contribution is 7.92. The highest BCUT2D eigenvalue weighted by Gasteiger charge is 2.26. The van der Waals surface area contributed by atoms with Gasteiger partial charge in [-0.15, -0.1) is 0 Å². The molecule has 132 valence electrons. The summed E-state index contributed by atoms with van der Waals surface area (Å²) in [6, 6.07) is 12.2. The first-order chi connectivity index (χ1) is 11.9. The molecule has 7 heteroatoms. The van der Waals surface area contributed by atoms with Crippen LogP contribution < -0.4 is 9.62 Å². The first kappa shape index (κ1) is 17.8. The van der Waals surface area contributed by atoms with Crippen molar-refractivity contribution < 1.29 is 13.2 Å². The molecule has 1 N–H and O–H groups in total. The predicted molar refractivity (Wildman–Crippen MR) is 101 cm³/mol. The van der Waals surface area contributed by atoms with Crippen LogP contribution in [0.2, 0.25) is 5.02 Å². The second kappa shape index (κ2) is 7.06. The summed E-state index contributed by atoms with van der Waals surface area (Å²) >= 11 is 6.26. The quantitative estimate of drug-likeness (QED) is 0.882. The van der Waals surface area contributed by atoms with Gasteiger partial charge in [-0.1, -0.05) is 29.8 Å². The van der Waals surface area contributed by atoms with E-state index in [-0.39, 0.29) is 16.7 Å². The van der Waals surface area contributed by atoms with Crippen LogP contribution in [-0.2, 0) is 10.0 Å². The van der Waals surface area contributed by atoms with Crippen LogP contribution in [0.3, 0.4) is 0 Å². The molecule has 1 aliphatic rings. The van der Waals surface area contributed by atoms with E-state index in [0.29, 0.717) is 29.9 Å². The summed E-state index contributed by atoms with van der Waals surface area (Å²) < 4.78 is 25.8. The SMILES string of the molecule is Cc1ccccc1NC(=O)c1ccc(N2CCCCS2(=O)=O)cc1Cl. The zero-order valence-electron chi connectivity index (χ0n) is 13.8. The van der Waals surface area contributed by atoms with Crippen LogP contribution in [0.1, 0.15) is 28.8 Å². The van der Waals surface area contributed by atoms with E-state index in [9.17, 15) is 13.2 Å². The number of para-hydroxylation sites is 1. The van der Waals surface area contributed by atoms with E-state index in [0.717, 1.165) is 12.0 Å². The Morgan fingerprint density at radius 3 is 2.60 bits per heavy atom. The van der Waals surface area contributed by atoms with Gasteiger partial charge in [-0.2, -0.15) is 0 Å². The number of benzene rings is 2. The standard InChI is InChI=1S/C18H19ClN2O3S/c1-13-6-2-3-7-17(13)20-18(22)15-9-8-14(12-16(15)19)21-10-4-5-11-25(21,23)24/h2-3,6-9,12H,4-5,10-11H2,1H3,(H,20,22). The lowest BCUT2D eigenvalue weighted by atomic mass is 10.1. The molecule has 1 fully saturated rings. The molecular formula is C18H19ClN2O3S. The van der Waals surface area contributed by atoms with Crippen molar-refractivity contribution in [2.45, 2.75) is 19.8 Å². The summed E-state index contributed by atoms with van der Waals surface area (Å²) in [6.45, 7) is 2.34. The summed E-state index contributed by atoms with van der Waals surface area (Å²) in [7, 11) is -3.31. The molecule has 1 saturated heterocycles. The van der Waals surface area contributed by atoms with Gasteiger partial charge in [0.1, 0.15) is 0 Å². The van der Waals surface area contributed by atoms with E-state index in [1.165, 1.54) is 10.4 Å². The van der Waals surface area contributed by atoms with Crippen LogP contribution in [0, 0.1) is 6.92 Å². The fourth-order valence-electron chi connectivity index (χ4n) is 2.82. The number of rotatable bonds is 3. The largest absolute Gasteiger partial charge is 0.322 e. The molecule has 5 nitrogen and oxygen atoms in total. The van der Waals surface area contributed by atoms with Crippen LogP contribution in [0.15, 0.2) is 42.5 Å². The molecule has 1 heterocycles. The third kappa shape index (κ3) is 3.80. The summed E-state index contributed by atoms with van der Waals surface area (Å²) in [5.41, 5.74) is 2.47. The molecule has 25 heavy (non-hydrogen) atoms. The molecular weight excluding hydrogens is 360 g/mol. The van der Waals surface area contributed by atoms with E-state index >= 15 is 0 Å². The Morgan fingerprint density at radius 2 is 1.92 bits per heavy atom. The first-order valence-electron chi connectivity index (χ1n) is 8.05. The summed E-state index contributed by atoms with van der Waals surface area (Å²) in [6.07, 6.45) is 1.48. The van der Waals surface area contributed by atoms with Gasteiger partial charge in [-0.05, 0) is 49.6 Å². The smallest absolute Gasteiger partial charge is 0.257 e. The summed E-state index contributed by atoms with van der Waals surface area (Å²) in [5, 5.41) is 3.05. The van der Waals surface area contributed by atoms with Crippen molar-refractivity contribution in [2.75, 3.05) is 21.9 Å². The number of amides is 1. The van der Waals surface area contributed by atoms with Gasteiger partial charge in [0.15, 0.2) is 0 Å². The molecule has 0 unspecified atom stereocenters. The molecule has 2 aromatic rings. The first-order valence-corrected chi connectivity index (χ1v) is 10.0. The number of carbonyl (C=O) groups excluding carboxylic acids is 1. The van der Waals surface area contributed by atoms with Crippen molar-refractivity contribution in [2.24, 2.45) is 0 Å². The molecule has 0 aliphatic carbocycles. The molecule has 3 rings (SSSR count). The minimum absolute atomic E-state index is 0.139. The Morgan fingerprint density at radius 1 is 1.16 bits per heavy atom. The molecule has 0 saturated carbocycles. The number of hydrogen-bond donors (Lipinski definition) is 1. The predicted octanol–water partition coefficient (Wildman–Crippen LogP) is 3.83. The molecule has 1 aliphatic heterocycles. The minimum atomic E-state index is -3.31. The van der Waals surface area contributed by atoms with Gasteiger partial charge in [0.25, 0.3) is 5.91 Å². The number of sulfonamides is 1. The van der Waals surface area contributed by atoms with Crippen LogP contribution >= 0.6 is 11.6 Å². The van der Waals surface area contributed by atoms with E-state index in [1.54, 1.807) is 12.1 Å². The Balaban J connectivity index is 1.85. The van der Waals surface area contributed by atoms with Crippen LogP contribution in [-0.4, -0.2) is 26.6 Å². The highest BCUT2D eigenvalue weighted by atomic mass is 35.5. The second-order valence-corrected chi connectivity index (χ2v) is 8.45. The topological polar surface area (TPSA) is 66.5 Å². The van der Waals surface area contributed by atoms with E-state index in [4.69, 9.17) is 11.6 Å². The Kier molecular flexibility index (Phi) is 5.01. The number of nitrogens with one attached hydrogen (secondary N) is 1. The van der Waals surface area contributed by atoms with Gasteiger partial charge in [0.05, 0.1) is 22.0 Å². The summed E-state index contributed by atoms with van der Waals surface area (Å²) in [4.78, 5) is 12.5. The molecule has 0 atom stereocenters. The molecule has 0 aromatic heterocycles. The van der Waals surface area contributed by atoms with Gasteiger partial charge >= 0.3 is 0 Å². The van der Waals surface area contributed by atoms with Gasteiger partial charge in [0, 0.05) is 12.2 Å². The van der Waals surface area contributed by atoms with Crippen LogP contribution in [0.5, 0.6) is 0 Å². The Bertz CT molecular complexity index is 912. The molecule has 2 aromatic carbocycles. The zero-order valence-corrected chi connectivity index (χ0v) is 15.4. The summed E-state index contributed by atoms with van der Waals surface area (Å²) in [5.74, 6) is -0.187. The highest BCUT2D eigenvalue weighted by Crippen LogP contribution is 2.29. The Labute approximate surface area is 152 Å². The third-order valence-electron chi connectivity index (χ3n) is 4.23. The van der Waals surface area contributed by atoms with Crippen molar-refractivity contribution in [1.29, 1.82) is 0 Å². The van der Waals surface area contributed by atoms with E-state index in [2.05, 4.69) is 5.32 Å². The van der Waals surface area contributed by atoms with Gasteiger partial charge < -0.3 is 5.32 Å². The third-order valence-corrected chi connectivity index (χ3v) is 6.41. The zero-order chi connectivity index (χ0) is 18.0. The van der Waals surface area contributed by atoms with Crippen molar-refractivity contribution >= 4 is 38.9 Å². The monoisotopic (exact) mass is 378 g/mol. The number of aryl methyl sites for hydroxylation is 1. The van der Waals surface area contributed by atoms with Gasteiger partial charge in [0.2, 0.25) is 10.0 Å². The van der Waals surface area contributed by atoms with E-state index < -0.39 is 10.0 Å².